The lowest BCUT2D eigenvalue weighted by molar-refractivity contribution is 0.100. The van der Waals surface area contributed by atoms with Gasteiger partial charge in [-0.2, -0.15) is 5.10 Å². The summed E-state index contributed by atoms with van der Waals surface area (Å²) in [6, 6.07) is 0. The number of hydrogen-bond acceptors (Lipinski definition) is 3. The van der Waals surface area contributed by atoms with E-state index in [0.717, 1.165) is 13.0 Å². The van der Waals surface area contributed by atoms with Crippen LogP contribution in [-0.4, -0.2) is 15.7 Å². The topological polar surface area (TPSA) is 86.9 Å². The van der Waals surface area contributed by atoms with E-state index in [1.165, 1.54) is 32.1 Å². The van der Waals surface area contributed by atoms with E-state index >= 15 is 0 Å². The second-order valence-electron chi connectivity index (χ2n) is 4.92. The number of rotatable bonds is 9. The van der Waals surface area contributed by atoms with E-state index in [0.29, 0.717) is 23.5 Å². The zero-order valence-corrected chi connectivity index (χ0v) is 12.1. The first-order chi connectivity index (χ1) is 9.11. The van der Waals surface area contributed by atoms with E-state index in [2.05, 4.69) is 12.0 Å². The molecule has 0 saturated carbocycles. The van der Waals surface area contributed by atoms with Gasteiger partial charge in [-0.05, 0) is 12.8 Å². The molecular formula is C14H26N4O. The smallest absolute Gasteiger partial charge is 0.254 e. The minimum Gasteiger partial charge on any atom is -0.383 e. The number of nitrogens with two attached hydrogens (primary N) is 2. The Morgan fingerprint density at radius 2 is 1.79 bits per heavy atom. The number of carbonyl (C=O) groups is 1. The van der Waals surface area contributed by atoms with Gasteiger partial charge >= 0.3 is 0 Å². The number of anilines is 1. The molecule has 0 radical (unpaired) electrons. The zero-order chi connectivity index (χ0) is 14.3. The molecule has 0 bridgehead atoms. The van der Waals surface area contributed by atoms with Gasteiger partial charge in [-0.3, -0.25) is 4.79 Å². The number of primary amides is 1. The Bertz CT molecular complexity index is 412. The average Bonchev–Trinajstić information content (AvgIpc) is 2.70. The van der Waals surface area contributed by atoms with Crippen molar-refractivity contribution in [2.75, 3.05) is 5.73 Å². The number of hydrogen-bond donors (Lipinski definition) is 2. The SMILES string of the molecule is CCCCCCCCn1nc(CC)c(C(N)=O)c1N. The number of unbranched alkanes of at least 4 members (excludes halogenated alkanes) is 5. The molecular weight excluding hydrogens is 240 g/mol. The van der Waals surface area contributed by atoms with E-state index in [9.17, 15) is 4.79 Å². The number of nitrogen functional groups attached to an aromatic ring is 1. The van der Waals surface area contributed by atoms with Crippen LogP contribution in [0, 0.1) is 0 Å². The van der Waals surface area contributed by atoms with Crippen LogP contribution in [0.2, 0.25) is 0 Å². The Hall–Kier alpha value is -1.52. The molecule has 0 unspecified atom stereocenters. The maximum Gasteiger partial charge on any atom is 0.254 e. The molecule has 19 heavy (non-hydrogen) atoms. The van der Waals surface area contributed by atoms with Crippen molar-refractivity contribution >= 4 is 11.7 Å². The minimum absolute atomic E-state index is 0.397. The molecule has 1 aromatic rings. The van der Waals surface area contributed by atoms with Crippen molar-refractivity contribution in [2.24, 2.45) is 5.73 Å². The van der Waals surface area contributed by atoms with Gasteiger partial charge in [0.05, 0.1) is 5.69 Å². The van der Waals surface area contributed by atoms with Crippen molar-refractivity contribution in [1.82, 2.24) is 9.78 Å². The highest BCUT2D eigenvalue weighted by Crippen LogP contribution is 2.18. The maximum atomic E-state index is 11.4. The predicted octanol–water partition coefficient (Wildman–Crippen LogP) is 2.49. The van der Waals surface area contributed by atoms with Crippen LogP contribution >= 0.6 is 0 Å². The number of aromatic nitrogens is 2. The van der Waals surface area contributed by atoms with Gasteiger partial charge in [-0.25, -0.2) is 4.68 Å². The zero-order valence-electron chi connectivity index (χ0n) is 12.1. The second-order valence-corrected chi connectivity index (χ2v) is 4.92. The van der Waals surface area contributed by atoms with Crippen molar-refractivity contribution in [2.45, 2.75) is 65.3 Å². The molecule has 0 aliphatic carbocycles. The highest BCUT2D eigenvalue weighted by molar-refractivity contribution is 5.98. The summed E-state index contributed by atoms with van der Waals surface area (Å²) in [6.07, 6.45) is 7.98. The van der Waals surface area contributed by atoms with Crippen LogP contribution in [0.5, 0.6) is 0 Å². The first-order valence-electron chi connectivity index (χ1n) is 7.26. The molecule has 0 saturated heterocycles. The third-order valence-corrected chi connectivity index (χ3v) is 3.37. The minimum atomic E-state index is -0.483. The molecule has 5 heteroatoms. The standard InChI is InChI=1S/C14H26N4O/c1-3-5-6-7-8-9-10-18-13(15)12(14(16)19)11(4-2)17-18/h3-10,15H2,1-2H3,(H2,16,19). The van der Waals surface area contributed by atoms with E-state index in [-0.39, 0.29) is 0 Å². The highest BCUT2D eigenvalue weighted by atomic mass is 16.1. The van der Waals surface area contributed by atoms with Crippen LogP contribution in [0.1, 0.15) is 68.4 Å². The van der Waals surface area contributed by atoms with E-state index in [1.54, 1.807) is 4.68 Å². The van der Waals surface area contributed by atoms with Gasteiger partial charge in [0, 0.05) is 6.54 Å². The third-order valence-electron chi connectivity index (χ3n) is 3.37. The summed E-state index contributed by atoms with van der Waals surface area (Å²) >= 11 is 0. The quantitative estimate of drug-likeness (QED) is 0.673. The summed E-state index contributed by atoms with van der Waals surface area (Å²) in [6.45, 7) is 4.92. The molecule has 1 heterocycles. The maximum absolute atomic E-state index is 11.4. The molecule has 0 spiro atoms. The van der Waals surface area contributed by atoms with Gasteiger partial charge in [0.25, 0.3) is 5.91 Å². The van der Waals surface area contributed by atoms with Gasteiger partial charge in [-0.15, -0.1) is 0 Å². The fraction of sp³-hybridized carbons (Fsp3) is 0.714. The van der Waals surface area contributed by atoms with Crippen LogP contribution in [0.3, 0.4) is 0 Å². The summed E-state index contributed by atoms with van der Waals surface area (Å²) < 4.78 is 1.72. The molecule has 1 amide bonds. The van der Waals surface area contributed by atoms with E-state index in [4.69, 9.17) is 11.5 Å². The van der Waals surface area contributed by atoms with Crippen molar-refractivity contribution in [3.05, 3.63) is 11.3 Å². The van der Waals surface area contributed by atoms with Crippen LogP contribution in [0.4, 0.5) is 5.82 Å². The van der Waals surface area contributed by atoms with E-state index in [1.807, 2.05) is 6.92 Å². The number of amides is 1. The van der Waals surface area contributed by atoms with Crippen molar-refractivity contribution in [3.63, 3.8) is 0 Å². The van der Waals surface area contributed by atoms with Crippen LogP contribution in [0.25, 0.3) is 0 Å². The number of aryl methyl sites for hydroxylation is 2. The van der Waals surface area contributed by atoms with Crippen molar-refractivity contribution < 1.29 is 4.79 Å². The Morgan fingerprint density at radius 1 is 1.16 bits per heavy atom. The summed E-state index contributed by atoms with van der Waals surface area (Å²) in [7, 11) is 0. The third kappa shape index (κ3) is 4.26. The average molecular weight is 266 g/mol. The summed E-state index contributed by atoms with van der Waals surface area (Å²) in [5.41, 5.74) is 12.4. The van der Waals surface area contributed by atoms with Gasteiger partial charge in [0.2, 0.25) is 0 Å². The van der Waals surface area contributed by atoms with Gasteiger partial charge in [-0.1, -0.05) is 46.0 Å². The largest absolute Gasteiger partial charge is 0.383 e. The van der Waals surface area contributed by atoms with Gasteiger partial charge < -0.3 is 11.5 Å². The lowest BCUT2D eigenvalue weighted by Gasteiger charge is -2.04. The lowest BCUT2D eigenvalue weighted by Crippen LogP contribution is -2.15. The number of carbonyl (C=O) groups excluding carboxylic acids is 1. The first-order valence-corrected chi connectivity index (χ1v) is 7.26. The molecule has 1 rings (SSSR count). The van der Waals surface area contributed by atoms with Crippen LogP contribution in [-0.2, 0) is 13.0 Å². The molecule has 1 aromatic heterocycles. The Morgan fingerprint density at radius 3 is 2.32 bits per heavy atom. The van der Waals surface area contributed by atoms with Crippen molar-refractivity contribution in [1.29, 1.82) is 0 Å². The molecule has 0 fully saturated rings. The number of nitrogens with zero attached hydrogens (tertiary/aromatic N) is 2. The normalized spacial score (nSPS) is 10.8. The van der Waals surface area contributed by atoms with E-state index < -0.39 is 5.91 Å². The fourth-order valence-electron chi connectivity index (χ4n) is 2.25. The highest BCUT2D eigenvalue weighted by Gasteiger charge is 2.18. The molecule has 0 aliphatic rings. The molecule has 0 aromatic carbocycles. The summed E-state index contributed by atoms with van der Waals surface area (Å²) in [5, 5.41) is 4.37. The molecule has 4 N–H and O–H groups in total. The molecule has 108 valence electrons. The predicted molar refractivity (Wildman–Crippen MR) is 77.9 cm³/mol. The van der Waals surface area contributed by atoms with Crippen molar-refractivity contribution in [3.8, 4) is 0 Å². The summed E-state index contributed by atoms with van der Waals surface area (Å²) in [5.74, 6) is -0.0681. The van der Waals surface area contributed by atoms with Gasteiger partial charge in [0.15, 0.2) is 0 Å². The molecule has 5 nitrogen and oxygen atoms in total. The second kappa shape index (κ2) is 7.81. The Kier molecular flexibility index (Phi) is 6.39. The molecule has 0 aliphatic heterocycles. The first kappa shape index (κ1) is 15.5. The van der Waals surface area contributed by atoms with Crippen LogP contribution < -0.4 is 11.5 Å². The van der Waals surface area contributed by atoms with Gasteiger partial charge in [0.1, 0.15) is 11.4 Å². The monoisotopic (exact) mass is 266 g/mol. The lowest BCUT2D eigenvalue weighted by atomic mass is 10.1. The Balaban J connectivity index is 2.52. The summed E-state index contributed by atoms with van der Waals surface area (Å²) in [4.78, 5) is 11.4. The van der Waals surface area contributed by atoms with Crippen LogP contribution in [0.15, 0.2) is 0 Å². The molecule has 0 atom stereocenters. The Labute approximate surface area is 115 Å². The fourth-order valence-corrected chi connectivity index (χ4v) is 2.25.